The molecule has 9 nitrogen and oxygen atoms in total. The lowest BCUT2D eigenvalue weighted by molar-refractivity contribution is -0.870. The molecule has 0 aromatic rings. The smallest absolute Gasteiger partial charge is 0.306 e. The van der Waals surface area contributed by atoms with Crippen LogP contribution >= 0.6 is 0 Å². The molecule has 0 aromatic heterocycles. The molecule has 0 saturated heterocycles. The van der Waals surface area contributed by atoms with E-state index >= 15 is 0 Å². The molecule has 0 rings (SSSR count). The van der Waals surface area contributed by atoms with Gasteiger partial charge in [-0.25, -0.2) is 0 Å². The van der Waals surface area contributed by atoms with E-state index in [-0.39, 0.29) is 32.2 Å². The Balaban J connectivity index is 4.12. The van der Waals surface area contributed by atoms with Gasteiger partial charge in [0.05, 0.1) is 40.3 Å². The highest BCUT2D eigenvalue weighted by atomic mass is 16.7. The summed E-state index contributed by atoms with van der Waals surface area (Å²) in [4.78, 5) is 37.4. The standard InChI is InChI=1S/C68H127NO8/c1-6-8-10-12-14-16-18-20-22-24-26-28-30-31-32-33-34-35-37-39-41-43-45-47-49-51-53-55-57-59-66(71)77-64(63-76-68(67(72)73)74-61-60-69(3,4)5)62-75-65(70)58-56-54-52-50-48-46-44-42-40-38-36-29-27-25-23-21-19-17-15-13-11-9-7-2/h18,20,24-27,64,68H,6-17,19,21-23,28-63H2,1-5H3/b20-18-,26-24-,27-25-. The number of carboxylic acids is 1. The minimum absolute atomic E-state index is 0.150. The number of hydrogen-bond donors (Lipinski definition) is 0. The topological polar surface area (TPSA) is 111 Å². The zero-order valence-corrected chi connectivity index (χ0v) is 51.6. The molecule has 0 N–H and O–H groups in total. The number of carboxylic acid groups (broad SMARTS) is 1. The third kappa shape index (κ3) is 61.0. The van der Waals surface area contributed by atoms with Gasteiger partial charge < -0.3 is 33.3 Å². The van der Waals surface area contributed by atoms with E-state index in [0.29, 0.717) is 23.9 Å². The molecule has 0 heterocycles. The zero-order valence-electron chi connectivity index (χ0n) is 51.6. The Hall–Kier alpha value is -2.49. The predicted molar refractivity (Wildman–Crippen MR) is 325 cm³/mol. The monoisotopic (exact) mass is 1090 g/mol. The van der Waals surface area contributed by atoms with Crippen molar-refractivity contribution in [2.45, 2.75) is 334 Å². The summed E-state index contributed by atoms with van der Waals surface area (Å²) in [6.07, 6.45) is 70.7. The summed E-state index contributed by atoms with van der Waals surface area (Å²) in [5.41, 5.74) is 0. The second-order valence-electron chi connectivity index (χ2n) is 23.8. The second kappa shape index (κ2) is 59.6. The Bertz CT molecular complexity index is 1360. The number of unbranched alkanes of at least 4 members (excludes halogenated alkanes) is 41. The number of likely N-dealkylation sites (N-methyl/N-ethyl adjacent to an activating group) is 1. The van der Waals surface area contributed by atoms with Gasteiger partial charge in [-0.1, -0.05) is 275 Å². The summed E-state index contributed by atoms with van der Waals surface area (Å²) in [5.74, 6) is -2.26. The van der Waals surface area contributed by atoms with Gasteiger partial charge in [-0.05, 0) is 70.6 Å². The highest BCUT2D eigenvalue weighted by Gasteiger charge is 2.22. The number of carbonyl (C=O) groups is 3. The van der Waals surface area contributed by atoms with Crippen LogP contribution in [0.25, 0.3) is 0 Å². The van der Waals surface area contributed by atoms with Crippen LogP contribution in [0.5, 0.6) is 0 Å². The number of carbonyl (C=O) groups excluding carboxylic acids is 3. The highest BCUT2D eigenvalue weighted by molar-refractivity contribution is 5.70. The minimum atomic E-state index is -1.62. The van der Waals surface area contributed by atoms with Gasteiger partial charge in [-0.15, -0.1) is 0 Å². The molecule has 0 amide bonds. The second-order valence-corrected chi connectivity index (χ2v) is 23.8. The molecule has 0 spiro atoms. The van der Waals surface area contributed by atoms with Crippen molar-refractivity contribution in [2.75, 3.05) is 47.5 Å². The fourth-order valence-corrected chi connectivity index (χ4v) is 9.74. The van der Waals surface area contributed by atoms with Crippen LogP contribution in [0.2, 0.25) is 0 Å². The lowest BCUT2D eigenvalue weighted by atomic mass is 10.0. The molecule has 0 bridgehead atoms. The molecule has 0 aliphatic heterocycles. The van der Waals surface area contributed by atoms with E-state index in [2.05, 4.69) is 50.3 Å². The van der Waals surface area contributed by atoms with Crippen molar-refractivity contribution < 1.29 is 42.9 Å². The van der Waals surface area contributed by atoms with Crippen molar-refractivity contribution in [3.63, 3.8) is 0 Å². The minimum Gasteiger partial charge on any atom is -0.545 e. The number of nitrogens with zero attached hydrogens (tertiary/aromatic N) is 1. The van der Waals surface area contributed by atoms with E-state index in [4.69, 9.17) is 18.9 Å². The summed E-state index contributed by atoms with van der Waals surface area (Å²) < 4.78 is 22.8. The van der Waals surface area contributed by atoms with Gasteiger partial charge in [-0.3, -0.25) is 9.59 Å². The molecule has 0 aliphatic rings. The number of allylic oxidation sites excluding steroid dienone is 6. The maximum atomic E-state index is 12.9. The van der Waals surface area contributed by atoms with Crippen LogP contribution in [-0.2, 0) is 33.3 Å². The van der Waals surface area contributed by atoms with Crippen molar-refractivity contribution in [1.82, 2.24) is 0 Å². The molecule has 9 heteroatoms. The summed E-state index contributed by atoms with van der Waals surface area (Å²) in [6.45, 7) is 4.79. The van der Waals surface area contributed by atoms with Gasteiger partial charge in [0.1, 0.15) is 13.2 Å². The van der Waals surface area contributed by atoms with E-state index < -0.39 is 24.3 Å². The first-order valence-corrected chi connectivity index (χ1v) is 33.1. The largest absolute Gasteiger partial charge is 0.545 e. The van der Waals surface area contributed by atoms with Crippen molar-refractivity contribution in [1.29, 1.82) is 0 Å². The fraction of sp³-hybridized carbons (Fsp3) is 0.868. The third-order valence-corrected chi connectivity index (χ3v) is 14.9. The van der Waals surface area contributed by atoms with Gasteiger partial charge in [0.15, 0.2) is 12.4 Å². The van der Waals surface area contributed by atoms with E-state index in [0.717, 1.165) is 38.5 Å². The summed E-state index contributed by atoms with van der Waals surface area (Å²) in [5, 5.41) is 11.8. The Morgan fingerprint density at radius 2 is 0.701 bits per heavy atom. The number of ether oxygens (including phenoxy) is 4. The normalized spacial score (nSPS) is 12.9. The van der Waals surface area contributed by atoms with Crippen LogP contribution in [0, 0.1) is 0 Å². The molecule has 2 atom stereocenters. The Labute approximate surface area is 477 Å². The van der Waals surface area contributed by atoms with Crippen LogP contribution in [0.1, 0.15) is 322 Å². The van der Waals surface area contributed by atoms with Crippen LogP contribution in [0.15, 0.2) is 36.5 Å². The first kappa shape index (κ1) is 74.5. The molecule has 2 unspecified atom stereocenters. The number of quaternary nitrogens is 1. The lowest BCUT2D eigenvalue weighted by Gasteiger charge is -2.26. The van der Waals surface area contributed by atoms with Gasteiger partial charge >= 0.3 is 11.9 Å². The number of aliphatic carboxylic acids is 1. The quantitative estimate of drug-likeness (QED) is 0.0195. The molecule has 0 radical (unpaired) electrons. The fourth-order valence-electron chi connectivity index (χ4n) is 9.74. The molecular formula is C68H127NO8. The molecule has 0 aromatic carbocycles. The Morgan fingerprint density at radius 1 is 0.390 bits per heavy atom. The zero-order chi connectivity index (χ0) is 56.2. The first-order valence-electron chi connectivity index (χ1n) is 33.1. The lowest BCUT2D eigenvalue weighted by Crippen LogP contribution is -2.44. The predicted octanol–water partition coefficient (Wildman–Crippen LogP) is 18.7. The maximum absolute atomic E-state index is 12.9. The van der Waals surface area contributed by atoms with Gasteiger partial charge in [-0.2, -0.15) is 0 Å². The Kier molecular flexibility index (Phi) is 57.7. The maximum Gasteiger partial charge on any atom is 0.306 e. The number of hydrogen-bond acceptors (Lipinski definition) is 8. The average Bonchev–Trinajstić information content (AvgIpc) is 3.40. The molecule has 77 heavy (non-hydrogen) atoms. The van der Waals surface area contributed by atoms with Crippen LogP contribution < -0.4 is 5.11 Å². The summed E-state index contributed by atoms with van der Waals surface area (Å²) in [7, 11) is 5.94. The van der Waals surface area contributed by atoms with E-state index in [1.807, 2.05) is 21.1 Å². The third-order valence-electron chi connectivity index (χ3n) is 14.9. The molecular weight excluding hydrogens is 959 g/mol. The van der Waals surface area contributed by atoms with Gasteiger partial charge in [0.25, 0.3) is 0 Å². The Morgan fingerprint density at radius 3 is 1.04 bits per heavy atom. The number of esters is 2. The summed E-state index contributed by atoms with van der Waals surface area (Å²) in [6, 6.07) is 0. The molecule has 0 fully saturated rings. The van der Waals surface area contributed by atoms with Gasteiger partial charge in [0, 0.05) is 12.8 Å². The first-order chi connectivity index (χ1) is 37.6. The van der Waals surface area contributed by atoms with Crippen molar-refractivity contribution >= 4 is 17.9 Å². The van der Waals surface area contributed by atoms with Crippen LogP contribution in [0.3, 0.4) is 0 Å². The van der Waals surface area contributed by atoms with Crippen LogP contribution in [0.4, 0.5) is 0 Å². The van der Waals surface area contributed by atoms with E-state index in [1.54, 1.807) is 0 Å². The SMILES string of the molecule is CCCCCCC/C=C\C/C=C\CCCCCCCCCCCCCCCCCCCC(=O)OC(COC(=O)CCCCCCCCCCCCC/C=C\CCCCCCCCCC)COC(OCC[N+](C)(C)C)C(=O)[O-]. The summed E-state index contributed by atoms with van der Waals surface area (Å²) >= 11 is 0. The molecule has 452 valence electrons. The van der Waals surface area contributed by atoms with Crippen LogP contribution in [-0.4, -0.2) is 82.3 Å². The number of rotatable bonds is 62. The average molecular weight is 1090 g/mol. The van der Waals surface area contributed by atoms with Crippen molar-refractivity contribution in [3.05, 3.63) is 36.5 Å². The van der Waals surface area contributed by atoms with Gasteiger partial charge in [0.2, 0.25) is 0 Å². The van der Waals surface area contributed by atoms with E-state index in [1.165, 1.54) is 250 Å². The van der Waals surface area contributed by atoms with Crippen molar-refractivity contribution in [2.24, 2.45) is 0 Å². The molecule has 0 aliphatic carbocycles. The molecule has 0 saturated carbocycles. The van der Waals surface area contributed by atoms with Crippen molar-refractivity contribution in [3.8, 4) is 0 Å². The highest BCUT2D eigenvalue weighted by Crippen LogP contribution is 2.18. The van der Waals surface area contributed by atoms with E-state index in [9.17, 15) is 19.5 Å².